The predicted octanol–water partition coefficient (Wildman–Crippen LogP) is 5.08. The summed E-state index contributed by atoms with van der Waals surface area (Å²) < 4.78 is 6.40. The molecule has 0 aliphatic rings. The van der Waals surface area contributed by atoms with Crippen LogP contribution in [0.3, 0.4) is 0 Å². The molecule has 5 heteroatoms. The van der Waals surface area contributed by atoms with E-state index in [9.17, 15) is 9.59 Å². The van der Waals surface area contributed by atoms with Crippen molar-refractivity contribution in [3.63, 3.8) is 0 Å². The van der Waals surface area contributed by atoms with E-state index < -0.39 is 0 Å². The van der Waals surface area contributed by atoms with Gasteiger partial charge in [-0.15, -0.1) is 0 Å². The third kappa shape index (κ3) is 4.93. The molecule has 0 radical (unpaired) electrons. The highest BCUT2D eigenvalue weighted by Crippen LogP contribution is 2.26. The number of benzene rings is 2. The van der Waals surface area contributed by atoms with Crippen molar-refractivity contribution in [3.8, 4) is 5.75 Å². The van der Waals surface area contributed by atoms with Gasteiger partial charge in [-0.25, -0.2) is 0 Å². The van der Waals surface area contributed by atoms with Gasteiger partial charge >= 0.3 is 0 Å². The normalized spacial score (nSPS) is 10.3. The van der Waals surface area contributed by atoms with Crippen molar-refractivity contribution in [1.29, 1.82) is 0 Å². The zero-order valence-electron chi connectivity index (χ0n) is 13.8. The first-order chi connectivity index (χ1) is 11.5. The second-order valence-electron chi connectivity index (χ2n) is 5.43. The molecule has 0 saturated carbocycles. The number of hydrogen-bond acceptors (Lipinski definition) is 3. The molecule has 0 aliphatic heterocycles. The molecule has 0 bridgehead atoms. The molecule has 0 fully saturated rings. The van der Waals surface area contributed by atoms with E-state index in [-0.39, 0.29) is 11.7 Å². The molecule has 0 atom stereocenters. The maximum atomic E-state index is 12.3. The van der Waals surface area contributed by atoms with E-state index in [1.54, 1.807) is 42.5 Å². The van der Waals surface area contributed by atoms with E-state index in [4.69, 9.17) is 4.74 Å². The van der Waals surface area contributed by atoms with Crippen LogP contribution >= 0.6 is 15.9 Å². The lowest BCUT2D eigenvalue weighted by Gasteiger charge is -2.10. The van der Waals surface area contributed by atoms with Crippen molar-refractivity contribution in [2.75, 3.05) is 11.9 Å². The van der Waals surface area contributed by atoms with E-state index in [1.807, 2.05) is 0 Å². The van der Waals surface area contributed by atoms with Crippen LogP contribution < -0.4 is 10.1 Å². The summed E-state index contributed by atoms with van der Waals surface area (Å²) in [6.07, 6.45) is 2.06. The number of rotatable bonds is 7. The Morgan fingerprint density at radius 3 is 2.33 bits per heavy atom. The van der Waals surface area contributed by atoms with Gasteiger partial charge in [0, 0.05) is 16.8 Å². The molecular formula is C19H20BrNO3. The molecule has 0 heterocycles. The quantitative estimate of drug-likeness (QED) is 0.530. The summed E-state index contributed by atoms with van der Waals surface area (Å²) in [5, 5.41) is 2.81. The van der Waals surface area contributed by atoms with Crippen molar-refractivity contribution in [3.05, 3.63) is 58.1 Å². The lowest BCUT2D eigenvalue weighted by molar-refractivity contribution is 0.101. The minimum Gasteiger partial charge on any atom is -0.492 e. The van der Waals surface area contributed by atoms with Crippen LogP contribution in [-0.2, 0) is 0 Å². The van der Waals surface area contributed by atoms with Crippen molar-refractivity contribution < 1.29 is 14.3 Å². The van der Waals surface area contributed by atoms with Gasteiger partial charge in [0.05, 0.1) is 11.1 Å². The van der Waals surface area contributed by atoms with Gasteiger partial charge in [-0.3, -0.25) is 9.59 Å². The van der Waals surface area contributed by atoms with E-state index >= 15 is 0 Å². The van der Waals surface area contributed by atoms with Crippen molar-refractivity contribution in [1.82, 2.24) is 0 Å². The summed E-state index contributed by atoms with van der Waals surface area (Å²) in [5.74, 6) is 0.507. The first-order valence-corrected chi connectivity index (χ1v) is 8.65. The molecular weight excluding hydrogens is 370 g/mol. The zero-order chi connectivity index (χ0) is 17.5. The maximum Gasteiger partial charge on any atom is 0.255 e. The van der Waals surface area contributed by atoms with Crippen LogP contribution in [0.5, 0.6) is 5.75 Å². The van der Waals surface area contributed by atoms with E-state index in [2.05, 4.69) is 28.2 Å². The molecule has 2 rings (SSSR count). The van der Waals surface area contributed by atoms with Crippen molar-refractivity contribution in [2.24, 2.45) is 0 Å². The molecule has 1 N–H and O–H groups in total. The topological polar surface area (TPSA) is 55.4 Å². The predicted molar refractivity (Wildman–Crippen MR) is 98.9 cm³/mol. The summed E-state index contributed by atoms with van der Waals surface area (Å²) in [5.41, 5.74) is 1.79. The van der Waals surface area contributed by atoms with Gasteiger partial charge in [0.15, 0.2) is 5.78 Å². The number of Topliss-reactive ketones (excluding diaryl/α,β-unsaturated/α-hetero) is 1. The number of carbonyl (C=O) groups is 2. The van der Waals surface area contributed by atoms with Crippen molar-refractivity contribution >= 4 is 33.3 Å². The monoisotopic (exact) mass is 389 g/mol. The number of carbonyl (C=O) groups excluding carboxylic acids is 2. The average Bonchev–Trinajstić information content (AvgIpc) is 2.57. The van der Waals surface area contributed by atoms with Gasteiger partial charge in [-0.05, 0) is 71.7 Å². The number of ether oxygens (including phenoxy) is 1. The Morgan fingerprint density at radius 1 is 1.08 bits per heavy atom. The first-order valence-electron chi connectivity index (χ1n) is 7.86. The van der Waals surface area contributed by atoms with Gasteiger partial charge < -0.3 is 10.1 Å². The van der Waals surface area contributed by atoms with Crippen LogP contribution in [0.2, 0.25) is 0 Å². The SMILES string of the molecule is CCCCOc1ccc(C(=O)Nc2ccc(C(C)=O)cc2)cc1Br. The van der Waals surface area contributed by atoms with Crippen LogP contribution in [0.25, 0.3) is 0 Å². The summed E-state index contributed by atoms with van der Waals surface area (Å²) in [4.78, 5) is 23.6. The highest BCUT2D eigenvalue weighted by atomic mass is 79.9. The lowest BCUT2D eigenvalue weighted by atomic mass is 10.1. The number of halogens is 1. The Morgan fingerprint density at radius 2 is 1.75 bits per heavy atom. The van der Waals surface area contributed by atoms with Gasteiger partial charge in [0.1, 0.15) is 5.75 Å². The number of amides is 1. The molecule has 4 nitrogen and oxygen atoms in total. The number of hydrogen-bond donors (Lipinski definition) is 1. The van der Waals surface area contributed by atoms with Crippen LogP contribution in [0.4, 0.5) is 5.69 Å². The average molecular weight is 390 g/mol. The zero-order valence-corrected chi connectivity index (χ0v) is 15.4. The third-order valence-corrected chi connectivity index (χ3v) is 4.12. The summed E-state index contributed by atoms with van der Waals surface area (Å²) in [6, 6.07) is 12.1. The van der Waals surface area contributed by atoms with Crippen LogP contribution in [-0.4, -0.2) is 18.3 Å². The maximum absolute atomic E-state index is 12.3. The Kier molecular flexibility index (Phi) is 6.55. The molecule has 0 saturated heterocycles. The highest BCUT2D eigenvalue weighted by Gasteiger charge is 2.10. The summed E-state index contributed by atoms with van der Waals surface area (Å²) in [6.45, 7) is 4.27. The smallest absolute Gasteiger partial charge is 0.255 e. The van der Waals surface area contributed by atoms with Gasteiger partial charge in [0.25, 0.3) is 5.91 Å². The van der Waals surface area contributed by atoms with E-state index in [0.717, 1.165) is 23.1 Å². The highest BCUT2D eigenvalue weighted by molar-refractivity contribution is 9.10. The van der Waals surface area contributed by atoms with Crippen LogP contribution in [0.15, 0.2) is 46.9 Å². The molecule has 2 aromatic rings. The number of ketones is 1. The van der Waals surface area contributed by atoms with Crippen LogP contribution in [0, 0.1) is 0 Å². The Bertz CT molecular complexity index is 726. The molecule has 1 amide bonds. The Labute approximate surface area is 150 Å². The Hall–Kier alpha value is -2.14. The number of unbranched alkanes of at least 4 members (excludes halogenated alkanes) is 1. The number of nitrogens with one attached hydrogen (secondary N) is 1. The molecule has 24 heavy (non-hydrogen) atoms. The van der Waals surface area contributed by atoms with Gasteiger partial charge in [-0.1, -0.05) is 13.3 Å². The van der Waals surface area contributed by atoms with E-state index in [0.29, 0.717) is 23.4 Å². The Balaban J connectivity index is 2.04. The molecule has 0 unspecified atom stereocenters. The minimum atomic E-state index is -0.216. The molecule has 0 spiro atoms. The fourth-order valence-corrected chi connectivity index (χ4v) is 2.57. The van der Waals surface area contributed by atoms with Crippen LogP contribution in [0.1, 0.15) is 47.4 Å². The molecule has 126 valence electrons. The third-order valence-electron chi connectivity index (χ3n) is 3.50. The second kappa shape index (κ2) is 8.64. The van der Waals surface area contributed by atoms with Gasteiger partial charge in [-0.2, -0.15) is 0 Å². The second-order valence-corrected chi connectivity index (χ2v) is 6.29. The fourth-order valence-electron chi connectivity index (χ4n) is 2.08. The van der Waals surface area contributed by atoms with E-state index in [1.165, 1.54) is 6.92 Å². The van der Waals surface area contributed by atoms with Crippen molar-refractivity contribution in [2.45, 2.75) is 26.7 Å². The first kappa shape index (κ1) is 18.2. The summed E-state index contributed by atoms with van der Waals surface area (Å²) >= 11 is 3.44. The molecule has 2 aromatic carbocycles. The summed E-state index contributed by atoms with van der Waals surface area (Å²) in [7, 11) is 0. The fraction of sp³-hybridized carbons (Fsp3) is 0.263. The molecule has 0 aliphatic carbocycles. The lowest BCUT2D eigenvalue weighted by Crippen LogP contribution is -2.12. The number of anilines is 1. The standard InChI is InChI=1S/C19H20BrNO3/c1-3-4-11-24-18-10-7-15(12-17(18)20)19(23)21-16-8-5-14(6-9-16)13(2)22/h5-10,12H,3-4,11H2,1-2H3,(H,21,23). The van der Waals surface area contributed by atoms with Gasteiger partial charge in [0.2, 0.25) is 0 Å². The minimum absolute atomic E-state index is 0.00420. The molecule has 0 aromatic heterocycles. The largest absolute Gasteiger partial charge is 0.492 e.